The fourth-order valence-electron chi connectivity index (χ4n) is 0.555. The van der Waals surface area contributed by atoms with Crippen molar-refractivity contribution >= 4 is 12.4 Å². The predicted molar refractivity (Wildman–Crippen MR) is 36.2 cm³/mol. The molecule has 1 aromatic rings. The number of allylic oxidation sites excluding steroid dienone is 1. The number of hydrogen-bond acceptors (Lipinski definition) is 3. The molecule has 0 unspecified atom stereocenters. The molecule has 0 fully saturated rings. The molecule has 1 rings (SSSR count). The zero-order valence-corrected chi connectivity index (χ0v) is 5.36. The lowest BCUT2D eigenvalue weighted by Crippen LogP contribution is -1.65. The lowest BCUT2D eigenvalue weighted by Gasteiger charge is -1.75. The lowest BCUT2D eigenvalue weighted by molar-refractivity contribution is -0.107. The fraction of sp³-hybridized carbons (Fsp3) is 0.143. The number of aldehydes is 1. The van der Waals surface area contributed by atoms with Gasteiger partial charge in [0.1, 0.15) is 12.5 Å². The molecule has 3 nitrogen and oxygen atoms in total. The van der Waals surface area contributed by atoms with Gasteiger partial charge in [-0.05, 0) is 0 Å². The summed E-state index contributed by atoms with van der Waals surface area (Å²) in [4.78, 5) is 9.84. The second-order valence-electron chi connectivity index (χ2n) is 1.76. The van der Waals surface area contributed by atoms with Crippen LogP contribution in [0.25, 0.3) is 6.08 Å². The number of aromatic nitrogens is 1. The van der Waals surface area contributed by atoms with Gasteiger partial charge in [-0.25, -0.2) is 0 Å². The Bertz CT molecular complexity index is 214. The van der Waals surface area contributed by atoms with E-state index in [0.29, 0.717) is 6.42 Å². The van der Waals surface area contributed by atoms with Crippen LogP contribution in [0.4, 0.5) is 0 Å². The summed E-state index contributed by atoms with van der Waals surface area (Å²) < 4.78 is 4.56. The van der Waals surface area contributed by atoms with E-state index < -0.39 is 0 Å². The van der Waals surface area contributed by atoms with Crippen LogP contribution >= 0.6 is 0 Å². The van der Waals surface area contributed by atoms with Crippen LogP contribution in [0.1, 0.15) is 12.0 Å². The van der Waals surface area contributed by atoms with Crippen LogP contribution in [0, 0.1) is 0 Å². The number of carbonyl (C=O) groups is 1. The Labute approximate surface area is 58.3 Å². The summed E-state index contributed by atoms with van der Waals surface area (Å²) in [5.41, 5.74) is 0.877. The molecule has 0 radical (unpaired) electrons. The minimum Gasteiger partial charge on any atom is -0.364 e. The Morgan fingerprint density at radius 1 is 1.70 bits per heavy atom. The second-order valence-corrected chi connectivity index (χ2v) is 1.76. The van der Waals surface area contributed by atoms with Crippen LogP contribution in [-0.4, -0.2) is 11.4 Å². The molecule has 0 spiro atoms. The van der Waals surface area contributed by atoms with Crippen LogP contribution in [0.2, 0.25) is 0 Å². The highest BCUT2D eigenvalue weighted by molar-refractivity contribution is 5.56. The van der Waals surface area contributed by atoms with E-state index in [9.17, 15) is 4.79 Å². The minimum atomic E-state index is 0.436. The van der Waals surface area contributed by atoms with Crippen molar-refractivity contribution in [2.24, 2.45) is 0 Å². The van der Waals surface area contributed by atoms with Crippen molar-refractivity contribution in [1.29, 1.82) is 0 Å². The predicted octanol–water partition coefficient (Wildman–Crippen LogP) is 1.28. The first kappa shape index (κ1) is 6.74. The zero-order chi connectivity index (χ0) is 7.23. The molecule has 0 saturated carbocycles. The largest absolute Gasteiger partial charge is 0.364 e. The number of hydrogen-bond donors (Lipinski definition) is 0. The second kappa shape index (κ2) is 3.61. The molecule has 3 heteroatoms. The van der Waals surface area contributed by atoms with Crippen molar-refractivity contribution in [1.82, 2.24) is 5.16 Å². The normalized spacial score (nSPS) is 10.4. The summed E-state index contributed by atoms with van der Waals surface area (Å²) >= 11 is 0. The third-order valence-electron chi connectivity index (χ3n) is 0.994. The van der Waals surface area contributed by atoms with Crippen molar-refractivity contribution in [3.05, 3.63) is 24.1 Å². The van der Waals surface area contributed by atoms with E-state index in [4.69, 9.17) is 0 Å². The molecule has 0 aliphatic rings. The minimum absolute atomic E-state index is 0.436. The van der Waals surface area contributed by atoms with Gasteiger partial charge in [-0.15, -0.1) is 0 Å². The van der Waals surface area contributed by atoms with E-state index in [1.165, 1.54) is 6.26 Å². The molecule has 10 heavy (non-hydrogen) atoms. The van der Waals surface area contributed by atoms with Gasteiger partial charge >= 0.3 is 0 Å². The summed E-state index contributed by atoms with van der Waals surface area (Å²) in [7, 11) is 0. The summed E-state index contributed by atoms with van der Waals surface area (Å²) in [5.74, 6) is 0. The maximum Gasteiger partial charge on any atom is 0.131 e. The highest BCUT2D eigenvalue weighted by Gasteiger charge is 1.85. The molecule has 0 amide bonds. The van der Waals surface area contributed by atoms with Crippen molar-refractivity contribution in [3.8, 4) is 0 Å². The molecule has 0 atom stereocenters. The Morgan fingerprint density at radius 2 is 2.60 bits per heavy atom. The number of nitrogens with zero attached hydrogens (tertiary/aromatic N) is 1. The third-order valence-corrected chi connectivity index (χ3v) is 0.994. The zero-order valence-electron chi connectivity index (χ0n) is 5.36. The Hall–Kier alpha value is -1.38. The van der Waals surface area contributed by atoms with Gasteiger partial charge in [0.05, 0.1) is 6.20 Å². The lowest BCUT2D eigenvalue weighted by atomic mass is 10.3. The molecule has 0 bridgehead atoms. The Morgan fingerprint density at radius 3 is 3.20 bits per heavy atom. The van der Waals surface area contributed by atoms with Crippen LogP contribution in [0.5, 0.6) is 0 Å². The average Bonchev–Trinajstić information content (AvgIpc) is 2.41. The highest BCUT2D eigenvalue weighted by Crippen LogP contribution is 1.98. The molecule has 0 aromatic carbocycles. The van der Waals surface area contributed by atoms with Gasteiger partial charge in [-0.2, -0.15) is 0 Å². The molecule has 52 valence electrons. The van der Waals surface area contributed by atoms with E-state index in [1.807, 2.05) is 0 Å². The number of carbonyl (C=O) groups excluding carboxylic acids is 1. The van der Waals surface area contributed by atoms with E-state index >= 15 is 0 Å². The van der Waals surface area contributed by atoms with Crippen molar-refractivity contribution in [2.75, 3.05) is 0 Å². The highest BCUT2D eigenvalue weighted by atomic mass is 16.5. The third kappa shape index (κ3) is 1.85. The van der Waals surface area contributed by atoms with E-state index in [-0.39, 0.29) is 0 Å². The Kier molecular flexibility index (Phi) is 2.43. The van der Waals surface area contributed by atoms with E-state index in [0.717, 1.165) is 11.8 Å². The first-order chi connectivity index (χ1) is 4.93. The van der Waals surface area contributed by atoms with E-state index in [2.05, 4.69) is 9.68 Å². The number of rotatable bonds is 3. The van der Waals surface area contributed by atoms with Crippen molar-refractivity contribution in [3.63, 3.8) is 0 Å². The van der Waals surface area contributed by atoms with Gasteiger partial charge in [0.2, 0.25) is 0 Å². The van der Waals surface area contributed by atoms with Crippen LogP contribution in [0.15, 0.2) is 23.1 Å². The standard InChI is InChI=1S/C7H7NO2/c9-4-2-1-3-7-5-8-10-6-7/h1,3-6H,2H2. The summed E-state index contributed by atoms with van der Waals surface area (Å²) in [6, 6.07) is 0. The van der Waals surface area contributed by atoms with Crippen LogP contribution < -0.4 is 0 Å². The quantitative estimate of drug-likeness (QED) is 0.589. The Balaban J connectivity index is 2.47. The summed E-state index contributed by atoms with van der Waals surface area (Å²) in [6.45, 7) is 0. The average molecular weight is 137 g/mol. The van der Waals surface area contributed by atoms with Gasteiger partial charge < -0.3 is 9.32 Å². The molecule has 0 aliphatic carbocycles. The van der Waals surface area contributed by atoms with Gasteiger partial charge in [0.15, 0.2) is 0 Å². The molecular weight excluding hydrogens is 130 g/mol. The fourth-order valence-corrected chi connectivity index (χ4v) is 0.555. The molecule has 1 aromatic heterocycles. The summed E-state index contributed by atoms with van der Waals surface area (Å²) in [5, 5.41) is 3.49. The van der Waals surface area contributed by atoms with Gasteiger partial charge in [-0.1, -0.05) is 17.3 Å². The molecule has 0 N–H and O–H groups in total. The van der Waals surface area contributed by atoms with Crippen LogP contribution in [-0.2, 0) is 4.79 Å². The van der Waals surface area contributed by atoms with Gasteiger partial charge in [0.25, 0.3) is 0 Å². The van der Waals surface area contributed by atoms with Crippen molar-refractivity contribution < 1.29 is 9.32 Å². The maximum absolute atomic E-state index is 9.84. The van der Waals surface area contributed by atoms with Gasteiger partial charge in [0, 0.05) is 12.0 Å². The first-order valence-electron chi connectivity index (χ1n) is 2.93. The molecule has 0 saturated heterocycles. The molecule has 1 heterocycles. The molecular formula is C7H7NO2. The first-order valence-corrected chi connectivity index (χ1v) is 2.93. The van der Waals surface area contributed by atoms with Crippen molar-refractivity contribution in [2.45, 2.75) is 6.42 Å². The topological polar surface area (TPSA) is 43.1 Å². The monoisotopic (exact) mass is 137 g/mol. The van der Waals surface area contributed by atoms with Crippen LogP contribution in [0.3, 0.4) is 0 Å². The van der Waals surface area contributed by atoms with Gasteiger partial charge in [-0.3, -0.25) is 0 Å². The smallest absolute Gasteiger partial charge is 0.131 e. The molecule has 0 aliphatic heterocycles. The SMILES string of the molecule is O=CCC=Cc1cnoc1. The summed E-state index contributed by atoms with van der Waals surface area (Å²) in [6.07, 6.45) is 7.90. The van der Waals surface area contributed by atoms with E-state index in [1.54, 1.807) is 18.3 Å². The maximum atomic E-state index is 9.84.